The smallest absolute Gasteiger partial charge is 0.166 e. The molecule has 0 N–H and O–H groups in total. The van der Waals surface area contributed by atoms with Gasteiger partial charge < -0.3 is 0 Å². The second-order valence-corrected chi connectivity index (χ2v) is 4.71. The Hall–Kier alpha value is -0.990. The van der Waals surface area contributed by atoms with E-state index in [4.69, 9.17) is 0 Å². The van der Waals surface area contributed by atoms with E-state index in [-0.39, 0.29) is 0 Å². The van der Waals surface area contributed by atoms with Crippen LogP contribution in [0.15, 0.2) is 24.3 Å². The molecule has 3 heteroatoms. The topological polar surface area (TPSA) is 0 Å². The number of rotatable bonds is 7. The molecule has 0 aliphatic rings. The maximum Gasteiger partial charge on any atom is 0.416 e. The molecule has 0 aliphatic carbocycles. The summed E-state index contributed by atoms with van der Waals surface area (Å²) in [6, 6.07) is 5.53. The molecule has 0 amide bonds. The van der Waals surface area contributed by atoms with Crippen LogP contribution < -0.4 is 0 Å². The van der Waals surface area contributed by atoms with E-state index in [1.54, 1.807) is 12.1 Å². The van der Waals surface area contributed by atoms with Crippen LogP contribution in [0.1, 0.15) is 56.6 Å². The van der Waals surface area contributed by atoms with Crippen molar-refractivity contribution >= 4 is 0 Å². The first-order chi connectivity index (χ1) is 8.54. The number of benzene rings is 1. The predicted molar refractivity (Wildman–Crippen MR) is 68.5 cm³/mol. The highest BCUT2D eigenvalue weighted by molar-refractivity contribution is 5.24. The molecule has 0 aromatic heterocycles. The Labute approximate surface area is 107 Å². The minimum atomic E-state index is -4.22. The first-order valence-electron chi connectivity index (χ1n) is 6.70. The molecular weight excluding hydrogens is 237 g/mol. The van der Waals surface area contributed by atoms with Crippen molar-refractivity contribution in [3.63, 3.8) is 0 Å². The number of alkyl halides is 3. The molecule has 1 aromatic carbocycles. The van der Waals surface area contributed by atoms with Crippen LogP contribution in [0.5, 0.6) is 0 Å². The molecule has 0 spiro atoms. The van der Waals surface area contributed by atoms with E-state index >= 15 is 0 Å². The van der Waals surface area contributed by atoms with Gasteiger partial charge in [0.05, 0.1) is 5.56 Å². The maximum absolute atomic E-state index is 12.3. The summed E-state index contributed by atoms with van der Waals surface area (Å²) in [4.78, 5) is 0. The van der Waals surface area contributed by atoms with Crippen molar-refractivity contribution in [2.24, 2.45) is 0 Å². The van der Waals surface area contributed by atoms with Crippen LogP contribution in [0.4, 0.5) is 13.2 Å². The van der Waals surface area contributed by atoms with E-state index in [2.05, 4.69) is 6.92 Å². The average molecular weight is 258 g/mol. The number of aryl methyl sites for hydroxylation is 1. The molecule has 0 saturated carbocycles. The van der Waals surface area contributed by atoms with Crippen LogP contribution in [0.3, 0.4) is 0 Å². The van der Waals surface area contributed by atoms with Gasteiger partial charge in [-0.3, -0.25) is 0 Å². The van der Waals surface area contributed by atoms with Gasteiger partial charge in [0.15, 0.2) is 0 Å². The minimum absolute atomic E-state index is 0.561. The van der Waals surface area contributed by atoms with Gasteiger partial charge >= 0.3 is 6.18 Å². The summed E-state index contributed by atoms with van der Waals surface area (Å²) in [5, 5.41) is 0. The van der Waals surface area contributed by atoms with Crippen molar-refractivity contribution in [3.8, 4) is 0 Å². The molecule has 0 nitrogen and oxygen atoms in total. The van der Waals surface area contributed by atoms with Crippen LogP contribution in [0, 0.1) is 0 Å². The summed E-state index contributed by atoms with van der Waals surface area (Å²) in [6.45, 7) is 2.18. The zero-order chi connectivity index (χ0) is 13.4. The van der Waals surface area contributed by atoms with Crippen LogP contribution in [-0.4, -0.2) is 0 Å². The van der Waals surface area contributed by atoms with Crippen LogP contribution in [-0.2, 0) is 12.6 Å². The Morgan fingerprint density at radius 2 is 1.39 bits per heavy atom. The number of hydrogen-bond donors (Lipinski definition) is 0. The van der Waals surface area contributed by atoms with E-state index < -0.39 is 11.7 Å². The third-order valence-electron chi connectivity index (χ3n) is 3.10. The second kappa shape index (κ2) is 7.45. The van der Waals surface area contributed by atoms with Crippen molar-refractivity contribution in [3.05, 3.63) is 35.4 Å². The lowest BCUT2D eigenvalue weighted by molar-refractivity contribution is -0.137. The second-order valence-electron chi connectivity index (χ2n) is 4.71. The molecule has 0 fully saturated rings. The van der Waals surface area contributed by atoms with Crippen molar-refractivity contribution in [1.82, 2.24) is 0 Å². The van der Waals surface area contributed by atoms with E-state index in [1.807, 2.05) is 0 Å². The SMILES string of the molecule is CCCCCCCCc1ccc(C(F)(F)F)cc1. The van der Waals surface area contributed by atoms with E-state index in [0.717, 1.165) is 18.4 Å². The lowest BCUT2D eigenvalue weighted by Gasteiger charge is -2.07. The Balaban J connectivity index is 2.27. The van der Waals surface area contributed by atoms with Gasteiger partial charge in [-0.05, 0) is 30.5 Å². The van der Waals surface area contributed by atoms with Gasteiger partial charge in [-0.25, -0.2) is 0 Å². The molecule has 102 valence electrons. The third kappa shape index (κ3) is 5.56. The lowest BCUT2D eigenvalue weighted by atomic mass is 10.0. The van der Waals surface area contributed by atoms with E-state index in [1.165, 1.54) is 44.2 Å². The van der Waals surface area contributed by atoms with Crippen LogP contribution in [0.25, 0.3) is 0 Å². The Kier molecular flexibility index (Phi) is 6.23. The van der Waals surface area contributed by atoms with Crippen molar-refractivity contribution in [2.75, 3.05) is 0 Å². The summed E-state index contributed by atoms with van der Waals surface area (Å²) >= 11 is 0. The third-order valence-corrected chi connectivity index (χ3v) is 3.10. The molecule has 1 aromatic rings. The molecule has 0 unspecified atom stereocenters. The molecule has 18 heavy (non-hydrogen) atoms. The molecule has 0 bridgehead atoms. The quantitative estimate of drug-likeness (QED) is 0.558. The van der Waals surface area contributed by atoms with Crippen molar-refractivity contribution in [1.29, 1.82) is 0 Å². The standard InChI is InChI=1S/C15H21F3/c1-2-3-4-5-6-7-8-13-9-11-14(12-10-13)15(16,17)18/h9-12H,2-8H2,1H3. The highest BCUT2D eigenvalue weighted by atomic mass is 19.4. The number of unbranched alkanes of at least 4 members (excludes halogenated alkanes) is 5. The summed E-state index contributed by atoms with van der Waals surface area (Å²) in [5.41, 5.74) is 0.438. The van der Waals surface area contributed by atoms with E-state index in [0.29, 0.717) is 0 Å². The van der Waals surface area contributed by atoms with Gasteiger partial charge in [0.2, 0.25) is 0 Å². The Morgan fingerprint density at radius 1 is 0.833 bits per heavy atom. The molecular formula is C15H21F3. The Morgan fingerprint density at radius 3 is 1.94 bits per heavy atom. The molecule has 1 rings (SSSR count). The van der Waals surface area contributed by atoms with Gasteiger partial charge in [0, 0.05) is 0 Å². The van der Waals surface area contributed by atoms with E-state index in [9.17, 15) is 13.2 Å². The number of hydrogen-bond acceptors (Lipinski definition) is 0. The van der Waals surface area contributed by atoms with Crippen molar-refractivity contribution < 1.29 is 13.2 Å². The van der Waals surface area contributed by atoms with Crippen molar-refractivity contribution in [2.45, 2.75) is 58.0 Å². The number of halogens is 3. The summed E-state index contributed by atoms with van der Waals surface area (Å²) < 4.78 is 37.0. The maximum atomic E-state index is 12.3. The average Bonchev–Trinajstić information content (AvgIpc) is 2.33. The largest absolute Gasteiger partial charge is 0.416 e. The summed E-state index contributed by atoms with van der Waals surface area (Å²) in [6.07, 6.45) is 3.90. The highest BCUT2D eigenvalue weighted by Crippen LogP contribution is 2.29. The fourth-order valence-electron chi connectivity index (χ4n) is 1.97. The molecule has 0 atom stereocenters. The molecule has 0 saturated heterocycles. The molecule has 0 heterocycles. The predicted octanol–water partition coefficient (Wildman–Crippen LogP) is 5.61. The summed E-state index contributed by atoms with van der Waals surface area (Å²) in [7, 11) is 0. The molecule has 0 radical (unpaired) electrons. The van der Waals surface area contributed by atoms with Gasteiger partial charge in [-0.15, -0.1) is 0 Å². The van der Waals surface area contributed by atoms with Gasteiger partial charge in [-0.1, -0.05) is 51.2 Å². The minimum Gasteiger partial charge on any atom is -0.166 e. The summed E-state index contributed by atoms with van der Waals surface area (Å²) in [5.74, 6) is 0. The molecule has 0 aliphatic heterocycles. The normalized spacial score (nSPS) is 11.8. The monoisotopic (exact) mass is 258 g/mol. The Bertz CT molecular complexity index is 325. The van der Waals surface area contributed by atoms with Gasteiger partial charge in [0.25, 0.3) is 0 Å². The highest BCUT2D eigenvalue weighted by Gasteiger charge is 2.29. The lowest BCUT2D eigenvalue weighted by Crippen LogP contribution is -2.04. The van der Waals surface area contributed by atoms with Gasteiger partial charge in [0.1, 0.15) is 0 Å². The fourth-order valence-corrected chi connectivity index (χ4v) is 1.97. The zero-order valence-corrected chi connectivity index (χ0v) is 10.9. The first kappa shape index (κ1) is 15.1. The van der Waals surface area contributed by atoms with Crippen LogP contribution in [0.2, 0.25) is 0 Å². The zero-order valence-electron chi connectivity index (χ0n) is 10.9. The van der Waals surface area contributed by atoms with Gasteiger partial charge in [-0.2, -0.15) is 13.2 Å². The fraction of sp³-hybridized carbons (Fsp3) is 0.600. The first-order valence-corrected chi connectivity index (χ1v) is 6.70. The van der Waals surface area contributed by atoms with Crippen LogP contribution >= 0.6 is 0 Å².